The van der Waals surface area contributed by atoms with Gasteiger partial charge in [-0.25, -0.2) is 5.43 Å². The van der Waals surface area contributed by atoms with Gasteiger partial charge in [0, 0.05) is 5.56 Å². The van der Waals surface area contributed by atoms with E-state index < -0.39 is 11.8 Å². The Morgan fingerprint density at radius 3 is 2.30 bits per heavy atom. The van der Waals surface area contributed by atoms with Gasteiger partial charge >= 0.3 is 0 Å². The zero-order valence-electron chi connectivity index (χ0n) is 16.9. The van der Waals surface area contributed by atoms with Gasteiger partial charge in [0.25, 0.3) is 11.8 Å². The van der Waals surface area contributed by atoms with Crippen LogP contribution in [0.2, 0.25) is 0 Å². The van der Waals surface area contributed by atoms with Gasteiger partial charge in [-0.05, 0) is 58.5 Å². The van der Waals surface area contributed by atoms with Crippen molar-refractivity contribution in [1.82, 2.24) is 10.7 Å². The molecule has 0 fully saturated rings. The maximum Gasteiger partial charge on any atom is 0.259 e. The molecule has 2 aromatic carbocycles. The summed E-state index contributed by atoms with van der Waals surface area (Å²) in [6.07, 6.45) is 1.47. The van der Waals surface area contributed by atoms with Crippen molar-refractivity contribution in [2.45, 2.75) is 0 Å². The Hall–Kier alpha value is -3.02. The van der Waals surface area contributed by atoms with Gasteiger partial charge in [-0.2, -0.15) is 5.10 Å². The smallest absolute Gasteiger partial charge is 0.259 e. The van der Waals surface area contributed by atoms with Crippen LogP contribution in [0.3, 0.4) is 0 Å². The first-order chi connectivity index (χ1) is 14.4. The summed E-state index contributed by atoms with van der Waals surface area (Å²) in [6.45, 7) is -0.242. The van der Waals surface area contributed by atoms with Crippen molar-refractivity contribution in [3.63, 3.8) is 0 Å². The molecule has 0 radical (unpaired) electrons. The molecule has 0 unspecified atom stereocenters. The van der Waals surface area contributed by atoms with Crippen molar-refractivity contribution >= 4 is 40.6 Å². The van der Waals surface area contributed by atoms with Gasteiger partial charge in [-0.15, -0.1) is 0 Å². The minimum Gasteiger partial charge on any atom is -0.493 e. The van der Waals surface area contributed by atoms with Crippen LogP contribution < -0.4 is 29.7 Å². The Morgan fingerprint density at radius 1 is 0.967 bits per heavy atom. The number of carbonyl (C=O) groups excluding carboxylic acids is 2. The zero-order chi connectivity index (χ0) is 22.1. The highest BCUT2D eigenvalue weighted by Crippen LogP contribution is 2.33. The number of hydrogen-bond donors (Lipinski definition) is 2. The fourth-order valence-electron chi connectivity index (χ4n) is 2.47. The maximum atomic E-state index is 12.2. The van der Waals surface area contributed by atoms with E-state index in [1.807, 2.05) is 6.07 Å². The highest BCUT2D eigenvalue weighted by molar-refractivity contribution is 14.1. The van der Waals surface area contributed by atoms with Crippen LogP contribution in [0.25, 0.3) is 0 Å². The molecule has 2 N–H and O–H groups in total. The summed E-state index contributed by atoms with van der Waals surface area (Å²) in [7, 11) is 6.08. The molecule has 2 aromatic rings. The number of halogens is 1. The molecule has 0 saturated heterocycles. The van der Waals surface area contributed by atoms with E-state index in [1.54, 1.807) is 25.3 Å². The van der Waals surface area contributed by atoms with Gasteiger partial charge in [0.2, 0.25) is 0 Å². The molecule has 9 nitrogen and oxygen atoms in total. The Morgan fingerprint density at radius 2 is 1.67 bits per heavy atom. The molecule has 0 aliphatic heterocycles. The predicted molar refractivity (Wildman–Crippen MR) is 120 cm³/mol. The quantitative estimate of drug-likeness (QED) is 0.294. The van der Waals surface area contributed by atoms with Crippen molar-refractivity contribution in [2.75, 3.05) is 35.0 Å². The summed E-state index contributed by atoms with van der Waals surface area (Å²) in [4.78, 5) is 24.2. The number of hydrogen-bond acceptors (Lipinski definition) is 7. The van der Waals surface area contributed by atoms with Crippen LogP contribution in [0.15, 0.2) is 35.4 Å². The highest BCUT2D eigenvalue weighted by atomic mass is 127. The topological polar surface area (TPSA) is 107 Å². The number of carbonyl (C=O) groups is 2. The molecule has 0 heterocycles. The van der Waals surface area contributed by atoms with Gasteiger partial charge in [0.1, 0.15) is 0 Å². The average Bonchev–Trinajstić information content (AvgIpc) is 2.76. The summed E-state index contributed by atoms with van der Waals surface area (Å²) in [5.41, 5.74) is 3.41. The van der Waals surface area contributed by atoms with E-state index in [0.29, 0.717) is 34.1 Å². The molecule has 2 amide bonds. The molecular formula is C20H22IN3O6. The summed E-state index contributed by atoms with van der Waals surface area (Å²) in [5, 5.41) is 6.42. The Bertz CT molecular complexity index is 948. The molecule has 160 valence electrons. The maximum absolute atomic E-state index is 12.2. The van der Waals surface area contributed by atoms with Crippen LogP contribution in [0.5, 0.6) is 23.0 Å². The van der Waals surface area contributed by atoms with Gasteiger partial charge < -0.3 is 24.3 Å². The van der Waals surface area contributed by atoms with E-state index in [2.05, 4.69) is 38.4 Å². The van der Waals surface area contributed by atoms with Crippen LogP contribution >= 0.6 is 22.6 Å². The molecule has 0 aromatic heterocycles. The SMILES string of the molecule is COc1ccc(C(=O)NCC(=O)NN=Cc2cc(I)c(OC)c(OC)c2)cc1OC. The summed E-state index contributed by atoms with van der Waals surface area (Å²) >= 11 is 2.12. The third kappa shape index (κ3) is 5.99. The fourth-order valence-corrected chi connectivity index (χ4v) is 3.32. The first-order valence-corrected chi connectivity index (χ1v) is 9.75. The molecule has 0 aliphatic carbocycles. The van der Waals surface area contributed by atoms with Crippen LogP contribution in [0, 0.1) is 3.57 Å². The molecule has 10 heteroatoms. The van der Waals surface area contributed by atoms with Crippen molar-refractivity contribution in [2.24, 2.45) is 5.10 Å². The fraction of sp³-hybridized carbons (Fsp3) is 0.250. The number of nitrogens with one attached hydrogen (secondary N) is 2. The summed E-state index contributed by atoms with van der Waals surface area (Å²) < 4.78 is 21.7. The van der Waals surface area contributed by atoms with E-state index in [9.17, 15) is 9.59 Å². The molecule has 0 saturated carbocycles. The molecule has 0 spiro atoms. The lowest BCUT2D eigenvalue weighted by Gasteiger charge is -2.10. The van der Waals surface area contributed by atoms with Gasteiger partial charge in [-0.1, -0.05) is 0 Å². The van der Waals surface area contributed by atoms with Crippen molar-refractivity contribution in [3.8, 4) is 23.0 Å². The van der Waals surface area contributed by atoms with Gasteiger partial charge in [0.15, 0.2) is 23.0 Å². The Balaban J connectivity index is 1.92. The van der Waals surface area contributed by atoms with Crippen molar-refractivity contribution in [1.29, 1.82) is 0 Å². The van der Waals surface area contributed by atoms with E-state index in [4.69, 9.17) is 18.9 Å². The summed E-state index contributed by atoms with van der Waals surface area (Å²) in [6, 6.07) is 8.28. The zero-order valence-corrected chi connectivity index (χ0v) is 19.1. The second-order valence-corrected chi connectivity index (χ2v) is 6.95. The molecule has 0 aliphatic rings. The lowest BCUT2D eigenvalue weighted by Crippen LogP contribution is -2.34. The number of benzene rings is 2. The predicted octanol–water partition coefficient (Wildman–Crippen LogP) is 2.21. The van der Waals surface area contributed by atoms with Crippen molar-refractivity contribution < 1.29 is 28.5 Å². The van der Waals surface area contributed by atoms with Crippen LogP contribution in [-0.4, -0.2) is 53.0 Å². The minimum atomic E-state index is -0.477. The van der Waals surface area contributed by atoms with E-state index in [0.717, 1.165) is 3.57 Å². The van der Waals surface area contributed by atoms with Gasteiger partial charge in [-0.3, -0.25) is 9.59 Å². The average molecular weight is 527 g/mol. The molecule has 2 rings (SSSR count). The minimum absolute atomic E-state index is 0.242. The van der Waals surface area contributed by atoms with Crippen LogP contribution in [0.1, 0.15) is 15.9 Å². The molecule has 0 bridgehead atoms. The number of methoxy groups -OCH3 is 4. The third-order valence-electron chi connectivity index (χ3n) is 3.91. The van der Waals surface area contributed by atoms with E-state index in [1.165, 1.54) is 33.6 Å². The molecule has 30 heavy (non-hydrogen) atoms. The third-order valence-corrected chi connectivity index (χ3v) is 4.72. The van der Waals surface area contributed by atoms with E-state index in [-0.39, 0.29) is 6.54 Å². The first-order valence-electron chi connectivity index (χ1n) is 8.67. The number of nitrogens with zero attached hydrogens (tertiary/aromatic N) is 1. The monoisotopic (exact) mass is 527 g/mol. The number of rotatable bonds is 9. The number of ether oxygens (including phenoxy) is 4. The second kappa shape index (κ2) is 11.2. The standard InChI is InChI=1S/C20H22IN3O6/c1-27-15-6-5-13(9-16(15)28-2)20(26)22-11-18(25)24-23-10-12-7-14(21)19(30-4)17(8-12)29-3/h5-10H,11H2,1-4H3,(H,22,26)(H,24,25). The normalized spacial score (nSPS) is 10.4. The summed E-state index contributed by atoms with van der Waals surface area (Å²) in [5.74, 6) is 1.20. The Kier molecular flexibility index (Phi) is 8.71. The highest BCUT2D eigenvalue weighted by Gasteiger charge is 2.12. The van der Waals surface area contributed by atoms with E-state index >= 15 is 0 Å². The lowest BCUT2D eigenvalue weighted by molar-refractivity contribution is -0.120. The van der Waals surface area contributed by atoms with Crippen molar-refractivity contribution in [3.05, 3.63) is 45.0 Å². The largest absolute Gasteiger partial charge is 0.493 e. The molecular weight excluding hydrogens is 505 g/mol. The van der Waals surface area contributed by atoms with Crippen LogP contribution in [-0.2, 0) is 4.79 Å². The van der Waals surface area contributed by atoms with Gasteiger partial charge in [0.05, 0.1) is 44.8 Å². The Labute approximate surface area is 187 Å². The molecule has 0 atom stereocenters. The van der Waals surface area contributed by atoms with Crippen LogP contribution in [0.4, 0.5) is 0 Å². The number of amides is 2. The first kappa shape index (κ1) is 23.3. The lowest BCUT2D eigenvalue weighted by atomic mass is 10.2. The second-order valence-electron chi connectivity index (χ2n) is 5.78. The number of hydrazone groups is 1.